The summed E-state index contributed by atoms with van der Waals surface area (Å²) in [5.74, 6) is 0.669. The van der Waals surface area contributed by atoms with Crippen molar-refractivity contribution in [3.05, 3.63) is 30.3 Å². The zero-order chi connectivity index (χ0) is 12.7. The molecule has 0 heterocycles. The van der Waals surface area contributed by atoms with E-state index in [4.69, 9.17) is 4.74 Å². The Labute approximate surface area is 103 Å². The van der Waals surface area contributed by atoms with Gasteiger partial charge in [0.15, 0.2) is 6.10 Å². The first-order valence-corrected chi connectivity index (χ1v) is 6.19. The van der Waals surface area contributed by atoms with E-state index in [1.54, 1.807) is 6.92 Å². The SMILES string of the molecule is CCC(CC)NC(=O)[C@@H](C)Oc1ccccc1. The molecule has 0 bridgehead atoms. The summed E-state index contributed by atoms with van der Waals surface area (Å²) in [6, 6.07) is 9.63. The van der Waals surface area contributed by atoms with Gasteiger partial charge in [0.25, 0.3) is 5.91 Å². The van der Waals surface area contributed by atoms with E-state index in [0.29, 0.717) is 0 Å². The highest BCUT2D eigenvalue weighted by Gasteiger charge is 2.16. The first-order valence-electron chi connectivity index (χ1n) is 6.19. The van der Waals surface area contributed by atoms with Crippen molar-refractivity contribution < 1.29 is 9.53 Å². The Hall–Kier alpha value is -1.51. The minimum Gasteiger partial charge on any atom is -0.481 e. The van der Waals surface area contributed by atoms with Crippen molar-refractivity contribution in [3.8, 4) is 5.75 Å². The molecule has 0 unspecified atom stereocenters. The van der Waals surface area contributed by atoms with Gasteiger partial charge >= 0.3 is 0 Å². The molecule has 1 aromatic rings. The molecule has 3 nitrogen and oxygen atoms in total. The molecular formula is C14H21NO2. The lowest BCUT2D eigenvalue weighted by Gasteiger charge is -2.19. The van der Waals surface area contributed by atoms with Crippen LogP contribution < -0.4 is 10.1 Å². The van der Waals surface area contributed by atoms with Gasteiger partial charge in [-0.3, -0.25) is 4.79 Å². The number of hydrogen-bond acceptors (Lipinski definition) is 2. The van der Waals surface area contributed by atoms with Crippen molar-refractivity contribution >= 4 is 5.91 Å². The number of carbonyl (C=O) groups is 1. The maximum Gasteiger partial charge on any atom is 0.260 e. The first-order chi connectivity index (χ1) is 8.17. The maximum absolute atomic E-state index is 11.8. The smallest absolute Gasteiger partial charge is 0.260 e. The van der Waals surface area contributed by atoms with Crippen LogP contribution in [0.3, 0.4) is 0 Å². The first kappa shape index (κ1) is 13.6. The van der Waals surface area contributed by atoms with Crippen LogP contribution in [-0.4, -0.2) is 18.1 Å². The Kier molecular flexibility index (Phi) is 5.53. The van der Waals surface area contributed by atoms with Crippen LogP contribution in [0.15, 0.2) is 30.3 Å². The van der Waals surface area contributed by atoms with Gasteiger partial charge in [-0.1, -0.05) is 32.0 Å². The van der Waals surface area contributed by atoms with E-state index in [1.807, 2.05) is 30.3 Å². The highest BCUT2D eigenvalue weighted by Crippen LogP contribution is 2.11. The van der Waals surface area contributed by atoms with Crippen LogP contribution in [0.25, 0.3) is 0 Å². The Balaban J connectivity index is 2.47. The second-order valence-electron chi connectivity index (χ2n) is 4.10. The number of nitrogens with one attached hydrogen (secondary N) is 1. The van der Waals surface area contributed by atoms with Crippen LogP contribution in [0.1, 0.15) is 33.6 Å². The summed E-state index contributed by atoms with van der Waals surface area (Å²) in [6.07, 6.45) is 1.43. The molecule has 0 spiro atoms. The van der Waals surface area contributed by atoms with Crippen molar-refractivity contribution in [2.24, 2.45) is 0 Å². The third-order valence-corrected chi connectivity index (χ3v) is 2.76. The van der Waals surface area contributed by atoms with Gasteiger partial charge in [-0.25, -0.2) is 0 Å². The molecule has 0 aliphatic rings. The summed E-state index contributed by atoms with van der Waals surface area (Å²) in [4.78, 5) is 11.8. The molecule has 1 N–H and O–H groups in total. The van der Waals surface area contributed by atoms with Crippen LogP contribution in [0.5, 0.6) is 5.75 Å². The van der Waals surface area contributed by atoms with Crippen LogP contribution in [0.4, 0.5) is 0 Å². The number of carbonyl (C=O) groups excluding carboxylic acids is 1. The number of benzene rings is 1. The maximum atomic E-state index is 11.8. The van der Waals surface area contributed by atoms with Crippen molar-refractivity contribution in [2.45, 2.75) is 45.8 Å². The van der Waals surface area contributed by atoms with E-state index in [-0.39, 0.29) is 11.9 Å². The molecule has 17 heavy (non-hydrogen) atoms. The number of amides is 1. The van der Waals surface area contributed by atoms with Crippen LogP contribution >= 0.6 is 0 Å². The molecule has 0 aromatic heterocycles. The van der Waals surface area contributed by atoms with Gasteiger partial charge < -0.3 is 10.1 Å². The van der Waals surface area contributed by atoms with E-state index in [1.165, 1.54) is 0 Å². The molecule has 0 radical (unpaired) electrons. The summed E-state index contributed by atoms with van der Waals surface area (Å²) in [7, 11) is 0. The largest absolute Gasteiger partial charge is 0.481 e. The number of ether oxygens (including phenoxy) is 1. The molecule has 1 amide bonds. The summed E-state index contributed by atoms with van der Waals surface area (Å²) in [6.45, 7) is 5.90. The van der Waals surface area contributed by atoms with E-state index < -0.39 is 6.10 Å². The predicted octanol–water partition coefficient (Wildman–Crippen LogP) is 2.76. The average molecular weight is 235 g/mol. The van der Waals surface area contributed by atoms with Crippen LogP contribution in [-0.2, 0) is 4.79 Å². The number of para-hydroxylation sites is 1. The molecule has 0 saturated carbocycles. The van der Waals surface area contributed by atoms with Gasteiger partial charge in [-0.15, -0.1) is 0 Å². The predicted molar refractivity (Wildman–Crippen MR) is 69.0 cm³/mol. The minimum absolute atomic E-state index is 0.0532. The summed E-state index contributed by atoms with van der Waals surface area (Å²) < 4.78 is 5.55. The second-order valence-corrected chi connectivity index (χ2v) is 4.10. The second kappa shape index (κ2) is 6.94. The quantitative estimate of drug-likeness (QED) is 0.823. The lowest BCUT2D eigenvalue weighted by atomic mass is 10.1. The monoisotopic (exact) mass is 235 g/mol. The highest BCUT2D eigenvalue weighted by atomic mass is 16.5. The van der Waals surface area contributed by atoms with Crippen molar-refractivity contribution in [3.63, 3.8) is 0 Å². The van der Waals surface area contributed by atoms with Gasteiger partial charge in [-0.2, -0.15) is 0 Å². The number of hydrogen-bond donors (Lipinski definition) is 1. The van der Waals surface area contributed by atoms with Gasteiger partial charge in [0.1, 0.15) is 5.75 Å². The lowest BCUT2D eigenvalue weighted by Crippen LogP contribution is -2.42. The van der Waals surface area contributed by atoms with E-state index >= 15 is 0 Å². The summed E-state index contributed by atoms with van der Waals surface area (Å²) >= 11 is 0. The Morgan fingerprint density at radius 1 is 1.24 bits per heavy atom. The molecule has 1 rings (SSSR count). The lowest BCUT2D eigenvalue weighted by molar-refractivity contribution is -0.128. The van der Waals surface area contributed by atoms with Crippen molar-refractivity contribution in [1.29, 1.82) is 0 Å². The minimum atomic E-state index is -0.460. The molecule has 94 valence electrons. The molecule has 1 aromatic carbocycles. The highest BCUT2D eigenvalue weighted by molar-refractivity contribution is 5.80. The van der Waals surface area contributed by atoms with Crippen molar-refractivity contribution in [1.82, 2.24) is 5.32 Å². The molecule has 0 aliphatic carbocycles. The van der Waals surface area contributed by atoms with Crippen molar-refractivity contribution in [2.75, 3.05) is 0 Å². The Bertz CT molecular complexity index is 333. The normalized spacial score (nSPS) is 12.2. The summed E-state index contributed by atoms with van der Waals surface area (Å²) in [5, 5.41) is 2.97. The van der Waals surface area contributed by atoms with Crippen LogP contribution in [0, 0.1) is 0 Å². The standard InChI is InChI=1S/C14H21NO2/c1-4-12(5-2)15-14(16)11(3)17-13-9-7-6-8-10-13/h6-12H,4-5H2,1-3H3,(H,15,16)/t11-/m1/s1. The fourth-order valence-corrected chi connectivity index (χ4v) is 1.57. The summed E-state index contributed by atoms with van der Waals surface area (Å²) in [5.41, 5.74) is 0. The van der Waals surface area contributed by atoms with Gasteiger partial charge in [0.2, 0.25) is 0 Å². The molecule has 0 aliphatic heterocycles. The molecule has 1 atom stereocenters. The Morgan fingerprint density at radius 3 is 2.35 bits per heavy atom. The van der Waals surface area contributed by atoms with Gasteiger partial charge in [0.05, 0.1) is 0 Å². The Morgan fingerprint density at radius 2 is 1.82 bits per heavy atom. The number of rotatable bonds is 6. The fraction of sp³-hybridized carbons (Fsp3) is 0.500. The molecule has 0 saturated heterocycles. The fourth-order valence-electron chi connectivity index (χ4n) is 1.57. The van der Waals surface area contributed by atoms with Gasteiger partial charge in [-0.05, 0) is 31.9 Å². The van der Waals surface area contributed by atoms with E-state index in [2.05, 4.69) is 19.2 Å². The van der Waals surface area contributed by atoms with Crippen LogP contribution in [0.2, 0.25) is 0 Å². The average Bonchev–Trinajstić information content (AvgIpc) is 2.36. The molecule has 3 heteroatoms. The molecular weight excluding hydrogens is 214 g/mol. The third kappa shape index (κ3) is 4.47. The van der Waals surface area contributed by atoms with Gasteiger partial charge in [0, 0.05) is 6.04 Å². The third-order valence-electron chi connectivity index (χ3n) is 2.76. The zero-order valence-electron chi connectivity index (χ0n) is 10.8. The zero-order valence-corrected chi connectivity index (χ0v) is 10.8. The van der Waals surface area contributed by atoms with E-state index in [0.717, 1.165) is 18.6 Å². The topological polar surface area (TPSA) is 38.3 Å². The van der Waals surface area contributed by atoms with E-state index in [9.17, 15) is 4.79 Å². The molecule has 0 fully saturated rings.